The molecule has 0 bridgehead atoms. The van der Waals surface area contributed by atoms with Gasteiger partial charge in [0.15, 0.2) is 23.0 Å². The van der Waals surface area contributed by atoms with Crippen LogP contribution in [-0.4, -0.2) is 59.4 Å². The molecule has 0 radical (unpaired) electrons. The number of H-pyrrole nitrogens is 1. The summed E-state index contributed by atoms with van der Waals surface area (Å²) in [5.74, 6) is 23.3. The van der Waals surface area contributed by atoms with E-state index in [1.165, 1.54) is 0 Å². The molecule has 0 unspecified atom stereocenters. The van der Waals surface area contributed by atoms with E-state index >= 15 is 0 Å². The zero-order valence-electron chi connectivity index (χ0n) is 59.3. The fourth-order valence-electron chi connectivity index (χ4n) is 7.06. The van der Waals surface area contributed by atoms with Crippen LogP contribution in [0.4, 0.5) is 0 Å². The zero-order chi connectivity index (χ0) is 70.5. The highest BCUT2D eigenvalue weighted by Gasteiger charge is 2.24. The van der Waals surface area contributed by atoms with Crippen LogP contribution in [0.25, 0.3) is 0 Å². The van der Waals surface area contributed by atoms with E-state index in [4.69, 9.17) is 69.3 Å². The Labute approximate surface area is 545 Å². The van der Waals surface area contributed by atoms with Crippen LogP contribution in [0, 0.1) is 98.8 Å². The van der Waals surface area contributed by atoms with Gasteiger partial charge in [-0.3, -0.25) is 9.36 Å². The number of terminal acetylenes is 8. The summed E-state index contributed by atoms with van der Waals surface area (Å²) in [6, 6.07) is 3.75. The maximum atomic E-state index is 5.33. The van der Waals surface area contributed by atoms with E-state index in [9.17, 15) is 0 Å². The molecule has 0 amide bonds. The Kier molecular flexibility index (Phi) is 28.3. The van der Waals surface area contributed by atoms with E-state index in [2.05, 4.69) is 217 Å². The number of nitrogens with one attached hydrogen (secondary N) is 1. The molecule has 8 aromatic heterocycles. The van der Waals surface area contributed by atoms with E-state index in [0.717, 1.165) is 51.1 Å². The first-order valence-corrected chi connectivity index (χ1v) is 29.3. The Bertz CT molecular complexity index is 3690. The first-order chi connectivity index (χ1) is 41.5. The van der Waals surface area contributed by atoms with Crippen molar-refractivity contribution < 1.29 is 17.9 Å². The predicted molar refractivity (Wildman–Crippen MR) is 367 cm³/mol. The Balaban J connectivity index is 0.000000520. The molecule has 0 saturated carbocycles. The molecule has 0 aromatic carbocycles. The van der Waals surface area contributed by atoms with E-state index in [0.29, 0.717) is 40.5 Å². The number of aromatic nitrogens is 12. The molecule has 0 spiro atoms. The van der Waals surface area contributed by atoms with E-state index in [-0.39, 0.29) is 43.3 Å². The maximum Gasteiger partial charge on any atom is 0.273 e. The highest BCUT2D eigenvalue weighted by atomic mass is 16.5. The lowest BCUT2D eigenvalue weighted by Crippen LogP contribution is -2.16. The number of imidazole rings is 2. The lowest BCUT2D eigenvalue weighted by molar-refractivity contribution is 0.328. The third-order valence-electron chi connectivity index (χ3n) is 12.5. The largest absolute Gasteiger partial charge is 0.438 e. The Morgan fingerprint density at radius 1 is 0.451 bits per heavy atom. The van der Waals surface area contributed by atoms with Crippen LogP contribution in [0.5, 0.6) is 0 Å². The average Bonchev–Trinajstić information content (AvgIpc) is 1.84. The Morgan fingerprint density at radius 3 is 1.29 bits per heavy atom. The predicted octanol–water partition coefficient (Wildman–Crippen LogP) is 14.6. The normalized spacial score (nSPS) is 11.2. The standard InChI is InChI=1S/3C10H14N2.C9H12N2.4C9H11NO/c1-6-9-11-8(7-12(9)5)10(2,3)4;1-6-9-8(10(2,3)4)7-12(5)11-9;1-6-8-7-9(10(2,3)4)12(5)11-8;1-5-8-10-6-7(11-8)9(2,3)4;1-5-8-10-7(6-11-8)9(2,3)4;1-5-8-10-6-7(11-8)9(2,3)4;1-5-8-7(6-11-10-8)9(2,3)4;1-5-7-6-8(11-10-7)9(2,3)4/h3*1,7H,2-5H3;1,6H,2-4H3,(H,10,11);4*1,6H,2-4H3. The molecule has 0 aliphatic rings. The molecule has 0 fully saturated rings. The quantitative estimate of drug-likeness (QED) is 0.142. The summed E-state index contributed by atoms with van der Waals surface area (Å²) in [6.07, 6.45) is 52.2. The van der Waals surface area contributed by atoms with Gasteiger partial charge in [-0.1, -0.05) is 176 Å². The van der Waals surface area contributed by atoms with Gasteiger partial charge in [-0.25, -0.2) is 19.9 Å². The second kappa shape index (κ2) is 32.6. The molecule has 0 atom stereocenters. The van der Waals surface area contributed by atoms with Crippen molar-refractivity contribution in [2.75, 3.05) is 0 Å². The van der Waals surface area contributed by atoms with Gasteiger partial charge in [0.1, 0.15) is 35.4 Å². The molecule has 0 aliphatic carbocycles. The summed E-state index contributed by atoms with van der Waals surface area (Å²) < 4.78 is 25.5. The first kappa shape index (κ1) is 79.2. The molecule has 0 aliphatic heterocycles. The van der Waals surface area contributed by atoms with Crippen LogP contribution in [0.15, 0.2) is 67.3 Å². The summed E-state index contributed by atoms with van der Waals surface area (Å²) in [4.78, 5) is 19.4. The number of hydrogen-bond donors (Lipinski definition) is 1. The van der Waals surface area contributed by atoms with E-state index in [1.807, 2.05) is 90.4 Å². The topological polar surface area (TPSA) is 186 Å². The van der Waals surface area contributed by atoms with Gasteiger partial charge in [0, 0.05) is 101 Å². The fourth-order valence-corrected chi connectivity index (χ4v) is 7.06. The van der Waals surface area contributed by atoms with E-state index < -0.39 is 0 Å². The zero-order valence-corrected chi connectivity index (χ0v) is 59.3. The van der Waals surface area contributed by atoms with Crippen molar-refractivity contribution in [3.8, 4) is 98.8 Å². The molecule has 91 heavy (non-hydrogen) atoms. The molecule has 1 N–H and O–H groups in total. The third-order valence-corrected chi connectivity index (χ3v) is 12.5. The van der Waals surface area contributed by atoms with Gasteiger partial charge in [-0.05, 0) is 64.3 Å². The van der Waals surface area contributed by atoms with Crippen molar-refractivity contribution in [2.45, 2.75) is 209 Å². The monoisotopic (exact) mass is 1230 g/mol. The molecular formula is C75H98N12O4. The number of oxazole rings is 2. The van der Waals surface area contributed by atoms with Gasteiger partial charge >= 0.3 is 0 Å². The van der Waals surface area contributed by atoms with Gasteiger partial charge in [-0.2, -0.15) is 10.2 Å². The molecule has 8 rings (SSSR count). The van der Waals surface area contributed by atoms with Crippen LogP contribution >= 0.6 is 0 Å². The van der Waals surface area contributed by atoms with Gasteiger partial charge < -0.3 is 27.4 Å². The maximum absolute atomic E-state index is 5.33. The Morgan fingerprint density at radius 2 is 1.00 bits per heavy atom. The van der Waals surface area contributed by atoms with Crippen molar-refractivity contribution in [3.63, 3.8) is 0 Å². The first-order valence-electron chi connectivity index (χ1n) is 29.3. The minimum Gasteiger partial charge on any atom is -0.438 e. The molecule has 482 valence electrons. The highest BCUT2D eigenvalue weighted by molar-refractivity contribution is 5.37. The molecule has 16 heteroatoms. The minimum absolute atomic E-state index is 0.0118. The van der Waals surface area contributed by atoms with Crippen LogP contribution < -0.4 is 0 Å². The van der Waals surface area contributed by atoms with Crippen LogP contribution in [0.3, 0.4) is 0 Å². The van der Waals surface area contributed by atoms with E-state index in [1.54, 1.807) is 35.7 Å². The van der Waals surface area contributed by atoms with Crippen LogP contribution in [-0.2, 0) is 64.5 Å². The summed E-state index contributed by atoms with van der Waals surface area (Å²) in [7, 11) is 5.72. The molecule has 0 saturated heterocycles. The highest BCUT2D eigenvalue weighted by Crippen LogP contribution is 2.28. The lowest BCUT2D eigenvalue weighted by Gasteiger charge is -2.17. The molecule has 8 aromatic rings. The number of aromatic amines is 1. The molecule has 16 nitrogen and oxygen atoms in total. The molecule has 8 heterocycles. The second-order valence-electron chi connectivity index (χ2n) is 29.2. The fraction of sp³-hybridized carbons (Fsp3) is 0.467. The summed E-state index contributed by atoms with van der Waals surface area (Å²) in [6.45, 7) is 50.2. The van der Waals surface area contributed by atoms with Crippen molar-refractivity contribution in [1.29, 1.82) is 0 Å². The summed E-state index contributed by atoms with van der Waals surface area (Å²) in [5, 5.41) is 15.7. The number of aryl methyl sites for hydroxylation is 3. The van der Waals surface area contributed by atoms with Crippen molar-refractivity contribution in [1.82, 2.24) is 59.4 Å². The third kappa shape index (κ3) is 26.4. The van der Waals surface area contributed by atoms with Gasteiger partial charge in [-0.15, -0.1) is 51.4 Å². The van der Waals surface area contributed by atoms with Gasteiger partial charge in [0.05, 0.1) is 17.6 Å². The Hall–Kier alpha value is -9.84. The van der Waals surface area contributed by atoms with Crippen LogP contribution in [0.2, 0.25) is 0 Å². The smallest absolute Gasteiger partial charge is 0.273 e. The van der Waals surface area contributed by atoms with Crippen molar-refractivity contribution in [2.24, 2.45) is 21.1 Å². The van der Waals surface area contributed by atoms with Gasteiger partial charge in [0.2, 0.25) is 0 Å². The number of hydrogen-bond acceptors (Lipinski definition) is 12. The van der Waals surface area contributed by atoms with Crippen molar-refractivity contribution >= 4 is 0 Å². The van der Waals surface area contributed by atoms with Crippen LogP contribution in [0.1, 0.15) is 258 Å². The molecular weight excluding hydrogens is 1130 g/mol. The lowest BCUT2D eigenvalue weighted by atomic mass is 9.87. The number of nitrogens with zero attached hydrogens (tertiary/aromatic N) is 11. The van der Waals surface area contributed by atoms with Gasteiger partial charge in [0.25, 0.3) is 11.8 Å². The second-order valence-corrected chi connectivity index (χ2v) is 29.2. The summed E-state index contributed by atoms with van der Waals surface area (Å²) >= 11 is 0. The minimum atomic E-state index is -0.0118. The summed E-state index contributed by atoms with van der Waals surface area (Å²) in [5.41, 5.74) is 9.29. The average molecular weight is 1230 g/mol. The number of rotatable bonds is 0. The SMILES string of the molecule is C#Cc1cc(C(C)(C)C)n(C)n1.C#Cc1cc(C(C)(C)C)on1.C#Cc1nc(C(C)(C)C)cn1C.C#Cc1nc(C(C)(C)C)co1.C#Cc1ncc(C(C)(C)C)[nH]1.C#Cc1ncc(C(C)(C)C)o1.C#Cc1nn(C)cc1C(C)(C)C.C#Cc1nocc1C(C)(C)C. The van der Waals surface area contributed by atoms with Crippen molar-refractivity contribution in [3.05, 3.63) is 141 Å².